The van der Waals surface area contributed by atoms with Gasteiger partial charge in [-0.2, -0.15) is 0 Å². The number of benzene rings is 3. The number of sulfonamides is 1. The molecular formula is C24H20IN3O3S. The number of hydrogen-bond donors (Lipinski definition) is 2. The van der Waals surface area contributed by atoms with Crippen LogP contribution in [-0.4, -0.2) is 19.3 Å². The third-order valence-electron chi connectivity index (χ3n) is 4.93. The van der Waals surface area contributed by atoms with Gasteiger partial charge in [-0.3, -0.25) is 14.5 Å². The van der Waals surface area contributed by atoms with E-state index in [1.54, 1.807) is 54.7 Å². The standard InChI is InChI=1S/C24H20IN3O3S/c1-16-11-13-18(14-12-16)23(25)27-24(29)19-8-2-3-9-20(19)28-32(30,31)21-10-4-6-17-7-5-15-26-22(17)21/h2-15,23,28H,1H3,(H,27,29)/t23-/m0/s1. The van der Waals surface area contributed by atoms with Gasteiger partial charge >= 0.3 is 0 Å². The lowest BCUT2D eigenvalue weighted by molar-refractivity contribution is 0.0952. The Morgan fingerprint density at radius 3 is 2.44 bits per heavy atom. The van der Waals surface area contributed by atoms with Crippen LogP contribution in [0.4, 0.5) is 5.69 Å². The van der Waals surface area contributed by atoms with Crippen molar-refractivity contribution in [1.29, 1.82) is 0 Å². The highest BCUT2D eigenvalue weighted by Crippen LogP contribution is 2.26. The van der Waals surface area contributed by atoms with Gasteiger partial charge < -0.3 is 5.32 Å². The van der Waals surface area contributed by atoms with Gasteiger partial charge in [0.1, 0.15) is 8.94 Å². The molecule has 0 saturated carbocycles. The number of nitrogens with zero attached hydrogens (tertiary/aromatic N) is 1. The zero-order valence-electron chi connectivity index (χ0n) is 17.1. The third kappa shape index (κ3) is 4.76. The summed E-state index contributed by atoms with van der Waals surface area (Å²) in [5.41, 5.74) is 2.88. The summed E-state index contributed by atoms with van der Waals surface area (Å²) >= 11 is 2.14. The normalized spacial score (nSPS) is 12.3. The lowest BCUT2D eigenvalue weighted by atomic mass is 10.1. The molecule has 0 fully saturated rings. The number of halogens is 1. The van der Waals surface area contributed by atoms with E-state index in [1.807, 2.05) is 31.2 Å². The van der Waals surface area contributed by atoms with Crippen molar-refractivity contribution < 1.29 is 13.2 Å². The van der Waals surface area contributed by atoms with Crippen LogP contribution in [-0.2, 0) is 10.0 Å². The molecule has 4 aromatic rings. The van der Waals surface area contributed by atoms with Gasteiger partial charge in [0.05, 0.1) is 16.8 Å². The molecular weight excluding hydrogens is 537 g/mol. The Kier molecular flexibility index (Phi) is 6.43. The molecule has 3 aromatic carbocycles. The molecule has 1 heterocycles. The fraction of sp³-hybridized carbons (Fsp3) is 0.0833. The quantitative estimate of drug-likeness (QED) is 0.194. The van der Waals surface area contributed by atoms with Crippen LogP contribution in [0.25, 0.3) is 10.9 Å². The van der Waals surface area contributed by atoms with Crippen LogP contribution in [0.15, 0.2) is 90.0 Å². The predicted molar refractivity (Wildman–Crippen MR) is 134 cm³/mol. The number of hydrogen-bond acceptors (Lipinski definition) is 4. The Morgan fingerprint density at radius 2 is 1.66 bits per heavy atom. The van der Waals surface area contributed by atoms with Crippen molar-refractivity contribution >= 4 is 55.1 Å². The first-order valence-corrected chi connectivity index (χ1v) is 12.5. The highest BCUT2D eigenvalue weighted by atomic mass is 127. The molecule has 0 spiro atoms. The van der Waals surface area contributed by atoms with Gasteiger partial charge in [0.25, 0.3) is 15.9 Å². The minimum absolute atomic E-state index is 0.0530. The van der Waals surface area contributed by atoms with E-state index >= 15 is 0 Å². The van der Waals surface area contributed by atoms with Crippen molar-refractivity contribution in [3.63, 3.8) is 0 Å². The minimum atomic E-state index is -3.98. The minimum Gasteiger partial charge on any atom is -0.336 e. The van der Waals surface area contributed by atoms with E-state index in [9.17, 15) is 13.2 Å². The number of nitrogens with one attached hydrogen (secondary N) is 2. The Balaban J connectivity index is 1.62. The number of para-hydroxylation sites is 2. The van der Waals surface area contributed by atoms with Crippen LogP contribution < -0.4 is 10.0 Å². The van der Waals surface area contributed by atoms with Gasteiger partial charge in [-0.05, 0) is 36.8 Å². The topological polar surface area (TPSA) is 88.2 Å². The number of pyridine rings is 1. The molecule has 162 valence electrons. The SMILES string of the molecule is Cc1ccc([C@@H](I)NC(=O)c2ccccc2NS(=O)(=O)c2cccc3cccnc23)cc1. The van der Waals surface area contributed by atoms with Crippen LogP contribution in [0, 0.1) is 6.92 Å². The number of carbonyl (C=O) groups excluding carboxylic acids is 1. The van der Waals surface area contributed by atoms with Gasteiger partial charge in [0.2, 0.25) is 0 Å². The van der Waals surface area contributed by atoms with E-state index in [4.69, 9.17) is 0 Å². The maximum absolute atomic E-state index is 13.2. The van der Waals surface area contributed by atoms with E-state index in [1.165, 1.54) is 6.07 Å². The molecule has 1 atom stereocenters. The number of rotatable bonds is 6. The fourth-order valence-electron chi connectivity index (χ4n) is 3.27. The molecule has 0 saturated heterocycles. The largest absolute Gasteiger partial charge is 0.336 e. The highest BCUT2D eigenvalue weighted by molar-refractivity contribution is 14.1. The molecule has 2 N–H and O–H groups in total. The van der Waals surface area contributed by atoms with Crippen LogP contribution in [0.3, 0.4) is 0 Å². The summed E-state index contributed by atoms with van der Waals surface area (Å²) in [5, 5.41) is 3.64. The average Bonchev–Trinajstić information content (AvgIpc) is 2.79. The van der Waals surface area contributed by atoms with Crippen molar-refractivity contribution in [2.75, 3.05) is 4.72 Å². The van der Waals surface area contributed by atoms with Crippen molar-refractivity contribution in [3.8, 4) is 0 Å². The van der Waals surface area contributed by atoms with Crippen molar-refractivity contribution in [1.82, 2.24) is 10.3 Å². The Bertz CT molecular complexity index is 1380. The smallest absolute Gasteiger partial charge is 0.264 e. The number of fused-ring (bicyclic) bond motifs is 1. The van der Waals surface area contributed by atoms with Crippen LogP contribution in [0.5, 0.6) is 0 Å². The van der Waals surface area contributed by atoms with E-state index in [0.717, 1.165) is 11.1 Å². The first-order chi connectivity index (χ1) is 15.3. The second kappa shape index (κ2) is 9.25. The number of aromatic nitrogens is 1. The first kappa shape index (κ1) is 22.2. The summed E-state index contributed by atoms with van der Waals surface area (Å²) in [6.45, 7) is 2.00. The Hall–Kier alpha value is -2.98. The average molecular weight is 557 g/mol. The predicted octanol–water partition coefficient (Wildman–Crippen LogP) is 5.21. The van der Waals surface area contributed by atoms with Gasteiger partial charge in [-0.1, -0.05) is 82.8 Å². The van der Waals surface area contributed by atoms with Crippen molar-refractivity contribution in [3.05, 3.63) is 102 Å². The Labute approximate surface area is 200 Å². The van der Waals surface area contributed by atoms with E-state index in [2.05, 4.69) is 37.6 Å². The monoisotopic (exact) mass is 557 g/mol. The van der Waals surface area contributed by atoms with Gasteiger partial charge in [0.15, 0.2) is 0 Å². The summed E-state index contributed by atoms with van der Waals surface area (Å²) < 4.78 is 28.7. The first-order valence-electron chi connectivity index (χ1n) is 9.82. The van der Waals surface area contributed by atoms with Crippen molar-refractivity contribution in [2.24, 2.45) is 0 Å². The Morgan fingerprint density at radius 1 is 0.938 bits per heavy atom. The number of amides is 1. The zero-order chi connectivity index (χ0) is 22.7. The summed E-state index contributed by atoms with van der Waals surface area (Å²) in [7, 11) is -3.98. The molecule has 0 aliphatic heterocycles. The number of carbonyl (C=O) groups is 1. The molecule has 1 amide bonds. The molecule has 0 radical (unpaired) electrons. The molecule has 0 aliphatic carbocycles. The number of aryl methyl sites for hydroxylation is 1. The van der Waals surface area contributed by atoms with Gasteiger partial charge in [-0.15, -0.1) is 0 Å². The molecule has 6 nitrogen and oxygen atoms in total. The van der Waals surface area contributed by atoms with E-state index in [0.29, 0.717) is 10.9 Å². The van der Waals surface area contributed by atoms with Gasteiger partial charge in [-0.25, -0.2) is 8.42 Å². The maximum atomic E-state index is 13.2. The number of alkyl halides is 1. The van der Waals surface area contributed by atoms with Crippen LogP contribution in [0.1, 0.15) is 25.5 Å². The second-order valence-electron chi connectivity index (χ2n) is 7.23. The lowest BCUT2D eigenvalue weighted by Gasteiger charge is -2.16. The van der Waals surface area contributed by atoms with Crippen LogP contribution >= 0.6 is 22.6 Å². The molecule has 0 aliphatic rings. The van der Waals surface area contributed by atoms with Crippen LogP contribution in [0.2, 0.25) is 0 Å². The summed E-state index contributed by atoms with van der Waals surface area (Å²) in [5.74, 6) is -0.376. The lowest BCUT2D eigenvalue weighted by Crippen LogP contribution is -2.26. The zero-order valence-corrected chi connectivity index (χ0v) is 20.1. The summed E-state index contributed by atoms with van der Waals surface area (Å²) in [6, 6.07) is 22.9. The molecule has 4 rings (SSSR count). The summed E-state index contributed by atoms with van der Waals surface area (Å²) in [4.78, 5) is 17.3. The molecule has 0 unspecified atom stereocenters. The van der Waals surface area contributed by atoms with Gasteiger partial charge in [0, 0.05) is 11.6 Å². The fourth-order valence-corrected chi connectivity index (χ4v) is 5.23. The van der Waals surface area contributed by atoms with E-state index in [-0.39, 0.29) is 26.1 Å². The molecule has 32 heavy (non-hydrogen) atoms. The molecule has 1 aromatic heterocycles. The molecule has 0 bridgehead atoms. The second-order valence-corrected chi connectivity index (χ2v) is 10.1. The number of anilines is 1. The van der Waals surface area contributed by atoms with E-state index < -0.39 is 10.0 Å². The highest BCUT2D eigenvalue weighted by Gasteiger charge is 2.22. The maximum Gasteiger partial charge on any atom is 0.264 e. The third-order valence-corrected chi connectivity index (χ3v) is 7.36. The molecule has 8 heteroatoms. The van der Waals surface area contributed by atoms with Crippen molar-refractivity contribution in [2.45, 2.75) is 15.9 Å². The summed E-state index contributed by atoms with van der Waals surface area (Å²) in [6.07, 6.45) is 1.55.